The van der Waals surface area contributed by atoms with Crippen LogP contribution in [0.4, 0.5) is 0 Å². The van der Waals surface area contributed by atoms with Gasteiger partial charge in [-0.2, -0.15) is 0 Å². The number of aliphatic hydroxyl groups is 1. The van der Waals surface area contributed by atoms with E-state index in [1.807, 2.05) is 6.08 Å². The van der Waals surface area contributed by atoms with Crippen molar-refractivity contribution in [2.24, 2.45) is 28.6 Å². The van der Waals surface area contributed by atoms with Crippen LogP contribution in [0.5, 0.6) is 0 Å². The van der Waals surface area contributed by atoms with Crippen LogP contribution in [-0.4, -0.2) is 29.1 Å². The summed E-state index contributed by atoms with van der Waals surface area (Å²) in [6.07, 6.45) is 7.97. The molecule has 3 saturated carbocycles. The molecule has 26 heavy (non-hydrogen) atoms. The minimum absolute atomic E-state index is 0.118. The van der Waals surface area contributed by atoms with E-state index < -0.39 is 6.10 Å². The molecule has 0 radical (unpaired) electrons. The average molecular weight is 360 g/mol. The van der Waals surface area contributed by atoms with E-state index in [1.165, 1.54) is 5.57 Å². The zero-order valence-corrected chi connectivity index (χ0v) is 16.3. The van der Waals surface area contributed by atoms with E-state index in [9.17, 15) is 14.7 Å². The number of carbonyl (C=O) groups excluding carboxylic acids is 2. The molecule has 4 rings (SSSR count). The Morgan fingerprint density at radius 3 is 2.73 bits per heavy atom. The third kappa shape index (κ3) is 2.51. The third-order valence-electron chi connectivity index (χ3n) is 8.44. The third-order valence-corrected chi connectivity index (χ3v) is 8.44. The molecule has 0 aromatic heterocycles. The van der Waals surface area contributed by atoms with Crippen molar-refractivity contribution in [3.63, 3.8) is 0 Å². The number of ketones is 1. The highest BCUT2D eigenvalue weighted by atomic mass is 16.6. The summed E-state index contributed by atoms with van der Waals surface area (Å²) in [5.41, 5.74) is 1.39. The number of rotatable bonds is 2. The summed E-state index contributed by atoms with van der Waals surface area (Å²) in [5.74, 6) is 1.64. The van der Waals surface area contributed by atoms with Gasteiger partial charge in [-0.3, -0.25) is 9.59 Å². The Morgan fingerprint density at radius 2 is 2.00 bits per heavy atom. The zero-order chi connectivity index (χ0) is 18.7. The Morgan fingerprint density at radius 1 is 1.23 bits per heavy atom. The van der Waals surface area contributed by atoms with Crippen molar-refractivity contribution in [2.75, 3.05) is 0 Å². The second-order valence-electron chi connectivity index (χ2n) is 9.58. The Balaban J connectivity index is 1.62. The lowest BCUT2D eigenvalue weighted by Gasteiger charge is -2.57. The SMILES string of the molecule is CCC(=O)O[C@H]1[C@H](O)C[C@H]2[C@@H]3CCC4=CC(=O)CC[C@]4(C)[C@H]3CC[C@@]21C. The molecule has 4 heteroatoms. The average Bonchev–Trinajstić information content (AvgIpc) is 2.86. The maximum atomic E-state index is 11.9. The summed E-state index contributed by atoms with van der Waals surface area (Å²) in [6, 6.07) is 0. The molecule has 4 nitrogen and oxygen atoms in total. The smallest absolute Gasteiger partial charge is 0.305 e. The maximum Gasteiger partial charge on any atom is 0.305 e. The quantitative estimate of drug-likeness (QED) is 0.761. The highest BCUT2D eigenvalue weighted by Gasteiger charge is 2.62. The standard InChI is InChI=1S/C22H32O4/c1-4-19(25)26-20-18(24)12-17-15-6-5-13-11-14(23)7-9-21(13,2)16(15)8-10-22(17,20)3/h11,15-18,20,24H,4-10,12H2,1-3H3/t15-,16+,17+,18-,20+,21+,22+/m1/s1. The Bertz CT molecular complexity index is 653. The van der Waals surface area contributed by atoms with Crippen LogP contribution in [0.2, 0.25) is 0 Å². The van der Waals surface area contributed by atoms with Crippen LogP contribution in [0, 0.1) is 28.6 Å². The largest absolute Gasteiger partial charge is 0.459 e. The molecule has 0 unspecified atom stereocenters. The number of aliphatic hydroxyl groups excluding tert-OH is 1. The predicted octanol–water partition coefficient (Wildman–Crippen LogP) is 3.81. The predicted molar refractivity (Wildman–Crippen MR) is 98.3 cm³/mol. The molecule has 3 fully saturated rings. The summed E-state index contributed by atoms with van der Waals surface area (Å²) >= 11 is 0. The Labute approximate surface area is 156 Å². The van der Waals surface area contributed by atoms with Crippen molar-refractivity contribution in [1.82, 2.24) is 0 Å². The number of fused-ring (bicyclic) bond motifs is 5. The molecule has 0 saturated heterocycles. The molecule has 0 aromatic rings. The van der Waals surface area contributed by atoms with Crippen molar-refractivity contribution in [3.8, 4) is 0 Å². The van der Waals surface area contributed by atoms with Crippen molar-refractivity contribution in [2.45, 2.75) is 84.3 Å². The van der Waals surface area contributed by atoms with Crippen molar-refractivity contribution in [1.29, 1.82) is 0 Å². The molecule has 1 N–H and O–H groups in total. The van der Waals surface area contributed by atoms with Gasteiger partial charge >= 0.3 is 5.97 Å². The van der Waals surface area contributed by atoms with E-state index in [2.05, 4.69) is 13.8 Å². The minimum atomic E-state index is -0.545. The molecule has 0 heterocycles. The molecule has 4 aliphatic rings. The normalized spacial score (nSPS) is 47.5. The summed E-state index contributed by atoms with van der Waals surface area (Å²) in [5, 5.41) is 10.7. The first-order valence-corrected chi connectivity index (χ1v) is 10.4. The molecule has 0 bridgehead atoms. The van der Waals surface area contributed by atoms with E-state index in [0.717, 1.165) is 38.5 Å². The van der Waals surface area contributed by atoms with Crippen molar-refractivity contribution >= 4 is 11.8 Å². The number of hydrogen-bond donors (Lipinski definition) is 1. The van der Waals surface area contributed by atoms with Crippen LogP contribution < -0.4 is 0 Å². The summed E-state index contributed by atoms with van der Waals surface area (Å²) in [4.78, 5) is 23.8. The van der Waals surface area contributed by atoms with Gasteiger partial charge in [0.2, 0.25) is 0 Å². The molecule has 7 atom stereocenters. The van der Waals surface area contributed by atoms with E-state index >= 15 is 0 Å². The zero-order valence-electron chi connectivity index (χ0n) is 16.3. The van der Waals surface area contributed by atoms with Gasteiger partial charge in [0.25, 0.3) is 0 Å². The van der Waals surface area contributed by atoms with E-state index in [1.54, 1.807) is 6.92 Å². The topological polar surface area (TPSA) is 63.6 Å². The fourth-order valence-electron chi connectivity index (χ4n) is 6.97. The summed E-state index contributed by atoms with van der Waals surface area (Å²) < 4.78 is 5.73. The molecular formula is C22H32O4. The van der Waals surface area contributed by atoms with Crippen molar-refractivity contribution in [3.05, 3.63) is 11.6 Å². The monoisotopic (exact) mass is 360 g/mol. The fourth-order valence-corrected chi connectivity index (χ4v) is 6.97. The number of allylic oxidation sites excluding steroid dienone is 1. The lowest BCUT2D eigenvalue weighted by Crippen LogP contribution is -2.52. The summed E-state index contributed by atoms with van der Waals surface area (Å²) in [7, 11) is 0. The first kappa shape index (κ1) is 18.2. The minimum Gasteiger partial charge on any atom is -0.459 e. The molecule has 144 valence electrons. The van der Waals surface area contributed by atoms with Crippen LogP contribution in [0.25, 0.3) is 0 Å². The van der Waals surface area contributed by atoms with Gasteiger partial charge in [-0.1, -0.05) is 26.3 Å². The first-order chi connectivity index (χ1) is 12.3. The van der Waals surface area contributed by atoms with Gasteiger partial charge in [-0.15, -0.1) is 0 Å². The number of esters is 1. The van der Waals surface area contributed by atoms with Gasteiger partial charge in [0.05, 0.1) is 6.10 Å². The van der Waals surface area contributed by atoms with E-state index in [0.29, 0.717) is 36.4 Å². The van der Waals surface area contributed by atoms with Crippen LogP contribution in [0.15, 0.2) is 11.6 Å². The molecule has 0 aromatic carbocycles. The molecule has 0 aliphatic heterocycles. The van der Waals surface area contributed by atoms with Crippen LogP contribution in [0.1, 0.15) is 72.1 Å². The van der Waals surface area contributed by atoms with E-state index in [4.69, 9.17) is 4.74 Å². The van der Waals surface area contributed by atoms with Crippen LogP contribution in [0.3, 0.4) is 0 Å². The molecular weight excluding hydrogens is 328 g/mol. The van der Waals surface area contributed by atoms with Gasteiger partial charge in [0, 0.05) is 18.3 Å². The van der Waals surface area contributed by atoms with Crippen molar-refractivity contribution < 1.29 is 19.4 Å². The number of ether oxygens (including phenoxy) is 1. The van der Waals surface area contributed by atoms with Gasteiger partial charge in [0.15, 0.2) is 5.78 Å². The lowest BCUT2D eigenvalue weighted by molar-refractivity contribution is -0.165. The Kier molecular flexibility index (Phi) is 4.33. The van der Waals surface area contributed by atoms with Gasteiger partial charge in [-0.25, -0.2) is 0 Å². The maximum absolute atomic E-state index is 11.9. The van der Waals surface area contributed by atoms with E-state index in [-0.39, 0.29) is 22.9 Å². The fraction of sp³-hybridized carbons (Fsp3) is 0.818. The number of carbonyl (C=O) groups is 2. The highest BCUT2D eigenvalue weighted by Crippen LogP contribution is 2.65. The number of hydrogen-bond acceptors (Lipinski definition) is 4. The van der Waals surface area contributed by atoms with Gasteiger partial charge in [-0.05, 0) is 67.8 Å². The first-order valence-electron chi connectivity index (χ1n) is 10.4. The van der Waals surface area contributed by atoms with Crippen LogP contribution in [-0.2, 0) is 14.3 Å². The second-order valence-corrected chi connectivity index (χ2v) is 9.58. The molecule has 4 aliphatic carbocycles. The molecule has 0 amide bonds. The van der Waals surface area contributed by atoms with Gasteiger partial charge < -0.3 is 9.84 Å². The lowest BCUT2D eigenvalue weighted by atomic mass is 9.47. The van der Waals surface area contributed by atoms with Crippen LogP contribution >= 0.6 is 0 Å². The Hall–Kier alpha value is -1.16. The molecule has 0 spiro atoms. The highest BCUT2D eigenvalue weighted by molar-refractivity contribution is 5.91. The summed E-state index contributed by atoms with van der Waals surface area (Å²) in [6.45, 7) is 6.40. The second kappa shape index (κ2) is 6.19. The van der Waals surface area contributed by atoms with Gasteiger partial charge in [0.1, 0.15) is 6.10 Å².